The van der Waals surface area contributed by atoms with E-state index < -0.39 is 11.0 Å². The quantitative estimate of drug-likeness (QED) is 0.676. The lowest BCUT2D eigenvalue weighted by molar-refractivity contribution is -0.383. The minimum absolute atomic E-state index is 0.123. The number of carbonyl (C=O) groups excluding carboxylic acids is 1. The van der Waals surface area contributed by atoms with Gasteiger partial charge in [-0.1, -0.05) is 0 Å². The van der Waals surface area contributed by atoms with Crippen molar-refractivity contribution in [1.82, 2.24) is 0 Å². The molecule has 2 rings (SSSR count). The molecule has 1 aliphatic heterocycles. The van der Waals surface area contributed by atoms with Crippen molar-refractivity contribution < 1.29 is 14.5 Å². The predicted octanol–water partition coefficient (Wildman–Crippen LogP) is 2.76. The van der Waals surface area contributed by atoms with E-state index in [2.05, 4.69) is 10.2 Å². The molecule has 0 aromatic heterocycles. The van der Waals surface area contributed by atoms with Crippen LogP contribution in [-0.2, 0) is 4.74 Å². The van der Waals surface area contributed by atoms with Crippen LogP contribution in [-0.4, -0.2) is 30.7 Å². The van der Waals surface area contributed by atoms with E-state index >= 15 is 0 Å². The summed E-state index contributed by atoms with van der Waals surface area (Å²) in [5, 5.41) is 13.5. The molecular weight excluding hydrogens is 262 g/mol. The standard InChI is InChI=1S/C13H17N3O4/c1-2-20-13(17)14-11-6-5-10(9-12(11)16(18)19)15-7-3-4-8-15/h5-6,9H,2-4,7-8H2,1H3,(H,14,17). The lowest BCUT2D eigenvalue weighted by Crippen LogP contribution is -2.18. The van der Waals surface area contributed by atoms with Crippen LogP contribution in [0.4, 0.5) is 21.9 Å². The van der Waals surface area contributed by atoms with E-state index in [1.54, 1.807) is 19.1 Å². The summed E-state index contributed by atoms with van der Waals surface area (Å²) < 4.78 is 4.73. The summed E-state index contributed by atoms with van der Waals surface area (Å²) in [6.45, 7) is 3.69. The van der Waals surface area contributed by atoms with Gasteiger partial charge in [-0.25, -0.2) is 4.79 Å². The molecule has 1 N–H and O–H groups in total. The molecule has 108 valence electrons. The summed E-state index contributed by atoms with van der Waals surface area (Å²) in [5.41, 5.74) is 0.836. The van der Waals surface area contributed by atoms with E-state index in [9.17, 15) is 14.9 Å². The first-order valence-electron chi connectivity index (χ1n) is 6.59. The molecule has 0 aliphatic carbocycles. The van der Waals surface area contributed by atoms with Crippen molar-refractivity contribution in [2.75, 3.05) is 29.9 Å². The number of ether oxygens (including phenoxy) is 1. The Bertz CT molecular complexity index is 512. The topological polar surface area (TPSA) is 84.7 Å². The molecule has 0 unspecified atom stereocenters. The first kappa shape index (κ1) is 14.1. The van der Waals surface area contributed by atoms with E-state index in [0.29, 0.717) is 0 Å². The molecule has 1 heterocycles. The Balaban J connectivity index is 2.23. The Morgan fingerprint density at radius 1 is 1.45 bits per heavy atom. The van der Waals surface area contributed by atoms with Crippen LogP contribution < -0.4 is 10.2 Å². The number of nitrogens with one attached hydrogen (secondary N) is 1. The second kappa shape index (κ2) is 6.23. The number of benzene rings is 1. The van der Waals surface area contributed by atoms with Gasteiger partial charge in [0.25, 0.3) is 5.69 Å². The van der Waals surface area contributed by atoms with Crippen LogP contribution >= 0.6 is 0 Å². The van der Waals surface area contributed by atoms with E-state index in [-0.39, 0.29) is 18.0 Å². The number of anilines is 2. The number of hydrogen-bond donors (Lipinski definition) is 1. The maximum atomic E-state index is 11.4. The van der Waals surface area contributed by atoms with Crippen LogP contribution in [0, 0.1) is 10.1 Å². The van der Waals surface area contributed by atoms with Gasteiger partial charge in [0.05, 0.1) is 11.5 Å². The number of hydrogen-bond acceptors (Lipinski definition) is 5. The maximum absolute atomic E-state index is 11.4. The zero-order valence-corrected chi connectivity index (χ0v) is 11.3. The first-order chi connectivity index (χ1) is 9.61. The van der Waals surface area contributed by atoms with E-state index in [0.717, 1.165) is 31.6 Å². The number of nitrogens with zero attached hydrogens (tertiary/aromatic N) is 2. The van der Waals surface area contributed by atoms with Gasteiger partial charge in [0.1, 0.15) is 5.69 Å². The molecular formula is C13H17N3O4. The molecule has 1 saturated heterocycles. The lowest BCUT2D eigenvalue weighted by atomic mass is 10.2. The highest BCUT2D eigenvalue weighted by Gasteiger charge is 2.20. The fraction of sp³-hybridized carbons (Fsp3) is 0.462. The molecule has 0 atom stereocenters. The summed E-state index contributed by atoms with van der Waals surface area (Å²) in [6.07, 6.45) is 1.50. The van der Waals surface area contributed by atoms with Crippen molar-refractivity contribution in [2.45, 2.75) is 19.8 Å². The van der Waals surface area contributed by atoms with Gasteiger partial charge < -0.3 is 9.64 Å². The average Bonchev–Trinajstić information content (AvgIpc) is 2.93. The van der Waals surface area contributed by atoms with Crippen LogP contribution in [0.25, 0.3) is 0 Å². The van der Waals surface area contributed by atoms with Crippen LogP contribution in [0.15, 0.2) is 18.2 Å². The number of nitro groups is 1. The summed E-state index contributed by atoms with van der Waals surface area (Å²) in [5.74, 6) is 0. The minimum atomic E-state index is -0.690. The summed E-state index contributed by atoms with van der Waals surface area (Å²) in [7, 11) is 0. The monoisotopic (exact) mass is 279 g/mol. The molecule has 1 aliphatic rings. The summed E-state index contributed by atoms with van der Waals surface area (Å²) >= 11 is 0. The molecule has 7 nitrogen and oxygen atoms in total. The van der Waals surface area contributed by atoms with Gasteiger partial charge in [0, 0.05) is 24.8 Å². The van der Waals surface area contributed by atoms with Crippen LogP contribution in [0.3, 0.4) is 0 Å². The largest absolute Gasteiger partial charge is 0.450 e. The fourth-order valence-electron chi connectivity index (χ4n) is 2.23. The van der Waals surface area contributed by atoms with Gasteiger partial charge in [0.2, 0.25) is 0 Å². The molecule has 0 radical (unpaired) electrons. The first-order valence-corrected chi connectivity index (χ1v) is 6.59. The number of amides is 1. The van der Waals surface area contributed by atoms with Crippen LogP contribution in [0.2, 0.25) is 0 Å². The molecule has 1 fully saturated rings. The Labute approximate surface area is 116 Å². The fourth-order valence-corrected chi connectivity index (χ4v) is 2.23. The third kappa shape index (κ3) is 3.17. The third-order valence-electron chi connectivity index (χ3n) is 3.16. The van der Waals surface area contributed by atoms with E-state index in [1.807, 2.05) is 0 Å². The van der Waals surface area contributed by atoms with Gasteiger partial charge in [-0.3, -0.25) is 15.4 Å². The Hall–Kier alpha value is -2.31. The second-order valence-electron chi connectivity index (χ2n) is 4.50. The van der Waals surface area contributed by atoms with Crippen molar-refractivity contribution in [3.8, 4) is 0 Å². The van der Waals surface area contributed by atoms with Gasteiger partial charge in [-0.05, 0) is 31.9 Å². The number of carbonyl (C=O) groups is 1. The summed E-state index contributed by atoms with van der Waals surface area (Å²) in [4.78, 5) is 24.1. The van der Waals surface area contributed by atoms with Gasteiger partial charge in [-0.15, -0.1) is 0 Å². The van der Waals surface area contributed by atoms with Gasteiger partial charge in [-0.2, -0.15) is 0 Å². The van der Waals surface area contributed by atoms with Crippen molar-refractivity contribution in [3.63, 3.8) is 0 Å². The highest BCUT2D eigenvalue weighted by Crippen LogP contribution is 2.31. The van der Waals surface area contributed by atoms with Gasteiger partial charge >= 0.3 is 6.09 Å². The minimum Gasteiger partial charge on any atom is -0.450 e. The molecule has 1 aromatic rings. The molecule has 1 aromatic carbocycles. The SMILES string of the molecule is CCOC(=O)Nc1ccc(N2CCCC2)cc1[N+](=O)[O-]. The van der Waals surface area contributed by atoms with Crippen LogP contribution in [0.5, 0.6) is 0 Å². The van der Waals surface area contributed by atoms with E-state index in [4.69, 9.17) is 4.74 Å². The van der Waals surface area contributed by atoms with E-state index in [1.165, 1.54) is 6.07 Å². The molecule has 0 saturated carbocycles. The number of rotatable bonds is 4. The third-order valence-corrected chi connectivity index (χ3v) is 3.16. The van der Waals surface area contributed by atoms with Crippen molar-refractivity contribution in [3.05, 3.63) is 28.3 Å². The molecule has 1 amide bonds. The molecule has 0 bridgehead atoms. The zero-order chi connectivity index (χ0) is 14.5. The highest BCUT2D eigenvalue weighted by molar-refractivity contribution is 5.88. The van der Waals surface area contributed by atoms with Gasteiger partial charge in [0.15, 0.2) is 0 Å². The predicted molar refractivity (Wildman–Crippen MR) is 75.2 cm³/mol. The molecule has 20 heavy (non-hydrogen) atoms. The summed E-state index contributed by atoms with van der Waals surface area (Å²) in [6, 6.07) is 4.81. The highest BCUT2D eigenvalue weighted by atomic mass is 16.6. The Morgan fingerprint density at radius 2 is 2.15 bits per heavy atom. The second-order valence-corrected chi connectivity index (χ2v) is 4.50. The van der Waals surface area contributed by atoms with Crippen molar-refractivity contribution >= 4 is 23.2 Å². The molecule has 0 spiro atoms. The Kier molecular flexibility index (Phi) is 4.39. The van der Waals surface area contributed by atoms with Crippen molar-refractivity contribution in [1.29, 1.82) is 0 Å². The normalized spacial score (nSPS) is 14.2. The maximum Gasteiger partial charge on any atom is 0.411 e. The van der Waals surface area contributed by atoms with Crippen LogP contribution in [0.1, 0.15) is 19.8 Å². The number of nitro benzene ring substituents is 1. The Morgan fingerprint density at radius 3 is 2.75 bits per heavy atom. The molecule has 7 heteroatoms. The van der Waals surface area contributed by atoms with Crippen molar-refractivity contribution in [2.24, 2.45) is 0 Å². The smallest absolute Gasteiger partial charge is 0.411 e. The average molecular weight is 279 g/mol. The zero-order valence-electron chi connectivity index (χ0n) is 11.3. The lowest BCUT2D eigenvalue weighted by Gasteiger charge is -2.17.